The number of allylic oxidation sites excluding steroid dienone is 1. The van der Waals surface area contributed by atoms with Gasteiger partial charge in [-0.2, -0.15) is 5.26 Å². The molecule has 0 spiro atoms. The maximum atomic E-state index is 13.0. The number of benzene rings is 2. The summed E-state index contributed by atoms with van der Waals surface area (Å²) in [6.07, 6.45) is 5.79. The first kappa shape index (κ1) is 48.9. The number of hydrogen-bond acceptors (Lipinski definition) is 13. The molecule has 18 heteroatoms. The summed E-state index contributed by atoms with van der Waals surface area (Å²) in [6, 6.07) is 11.6. The zero-order valence-electron chi connectivity index (χ0n) is 41.1. The van der Waals surface area contributed by atoms with Crippen molar-refractivity contribution in [2.45, 2.75) is 118 Å². The fraction of sp³-hybridized carbons (Fsp3) is 0.511. The molecule has 350 valence electrons. The van der Waals surface area contributed by atoms with E-state index in [1.807, 2.05) is 59.7 Å². The standard InChI is InChI=1S/C46H60N9O7P.CH4O/c1-29(2)55(30(3)4)63(60-21-19-48-10)62-40-25-43(61-33(40)7)53-28-34(44(57)50-45(53)58)14-12-18-49-42(56)15-13-20-54-39-24-41(59-11)38(23-36(39)32(6)26-46(54,8)9)52-51-37-17-16-31(5)22-35(37)27-47;1-2/h12,14,16-17,22-24,26,28-30,33,40,43H,13,15,18-21,25H2,1-9,11H3,(H,49,56)(H,50,57,58);2H,1H3/b14-12+,52-51?;/t33-,40-,43-,63?;/m1./s1/i7D;2T. The van der Waals surface area contributed by atoms with E-state index < -0.39 is 38.2 Å². The zero-order valence-corrected chi connectivity index (χ0v) is 40.0. The van der Waals surface area contributed by atoms with Gasteiger partial charge >= 0.3 is 5.69 Å². The molecule has 4 atom stereocenters. The van der Waals surface area contributed by atoms with Crippen LogP contribution in [0.25, 0.3) is 16.5 Å². The Morgan fingerprint density at radius 3 is 2.63 bits per heavy atom. The van der Waals surface area contributed by atoms with Crippen molar-refractivity contribution in [1.82, 2.24) is 19.5 Å². The number of aryl methyl sites for hydroxylation is 1. The Balaban J connectivity index is 0.00000318. The van der Waals surface area contributed by atoms with Gasteiger partial charge in [-0.15, -0.1) is 10.2 Å². The van der Waals surface area contributed by atoms with Crippen molar-refractivity contribution in [2.24, 2.45) is 10.2 Å². The second kappa shape index (κ2) is 24.1. The molecule has 0 saturated carbocycles. The monoisotopic (exact) mass is 916 g/mol. The Bertz CT molecular complexity index is 2450. The van der Waals surface area contributed by atoms with Crippen molar-refractivity contribution < 1.29 is 29.8 Å². The smallest absolute Gasteiger partial charge is 0.330 e. The molecule has 5 rings (SSSR count). The van der Waals surface area contributed by atoms with Crippen LogP contribution in [0.3, 0.4) is 0 Å². The highest BCUT2D eigenvalue weighted by Gasteiger charge is 2.40. The van der Waals surface area contributed by atoms with E-state index >= 15 is 0 Å². The number of azo groups is 1. The summed E-state index contributed by atoms with van der Waals surface area (Å²) >= 11 is 0. The summed E-state index contributed by atoms with van der Waals surface area (Å²) in [5.74, 6) is 0.364. The fourth-order valence-electron chi connectivity index (χ4n) is 7.75. The summed E-state index contributed by atoms with van der Waals surface area (Å²) in [4.78, 5) is 46.9. The lowest BCUT2D eigenvalue weighted by atomic mass is 9.88. The minimum absolute atomic E-state index is 0.0804. The average molecular weight is 917 g/mol. The van der Waals surface area contributed by atoms with Gasteiger partial charge in [-0.1, -0.05) is 24.3 Å². The minimum atomic E-state index is -1.60. The summed E-state index contributed by atoms with van der Waals surface area (Å²) < 4.78 is 41.7. The number of carbonyl (C=O) groups excluding carboxylic acids is 1. The molecule has 3 heterocycles. The van der Waals surface area contributed by atoms with Crippen molar-refractivity contribution in [3.05, 3.63) is 103 Å². The topological polar surface area (TPSA) is 200 Å². The van der Waals surface area contributed by atoms with Crippen LogP contribution in [0.5, 0.6) is 5.75 Å². The second-order valence-corrected chi connectivity index (χ2v) is 18.0. The van der Waals surface area contributed by atoms with E-state index in [0.29, 0.717) is 35.7 Å². The van der Waals surface area contributed by atoms with Gasteiger partial charge < -0.3 is 38.7 Å². The predicted molar refractivity (Wildman–Crippen MR) is 254 cm³/mol. The van der Waals surface area contributed by atoms with E-state index in [9.17, 15) is 19.6 Å². The first-order valence-electron chi connectivity index (χ1n) is 22.6. The van der Waals surface area contributed by atoms with Gasteiger partial charge in [-0.25, -0.2) is 16.0 Å². The van der Waals surface area contributed by atoms with Crippen molar-refractivity contribution >= 4 is 43.1 Å². The van der Waals surface area contributed by atoms with Crippen LogP contribution in [0.15, 0.2) is 68.5 Å². The molecule has 0 radical (unpaired) electrons. The molecule has 1 fully saturated rings. The first-order chi connectivity index (χ1) is 31.9. The lowest BCUT2D eigenvalue weighted by Crippen LogP contribution is -2.45. The summed E-state index contributed by atoms with van der Waals surface area (Å²) in [5.41, 5.74) is 3.95. The van der Waals surface area contributed by atoms with Gasteiger partial charge in [-0.3, -0.25) is 19.1 Å². The fourth-order valence-corrected chi connectivity index (χ4v) is 9.50. The number of anilines is 1. The number of carbonyl (C=O) groups is 1. The molecule has 0 aliphatic carbocycles. The van der Waals surface area contributed by atoms with Crippen molar-refractivity contribution in [3.63, 3.8) is 0 Å². The Kier molecular flexibility index (Phi) is 18.2. The van der Waals surface area contributed by atoms with Crippen molar-refractivity contribution in [1.29, 1.82) is 6.69 Å². The van der Waals surface area contributed by atoms with E-state index in [1.165, 1.54) is 17.9 Å². The molecule has 65 heavy (non-hydrogen) atoms. The molecule has 3 N–H and O–H groups in total. The molecule has 3 aromatic rings. The molecule has 17 nitrogen and oxygen atoms in total. The molecule has 1 saturated heterocycles. The largest absolute Gasteiger partial charge is 0.494 e. The Hall–Kier alpha value is -5.52. The maximum absolute atomic E-state index is 13.0. The van der Waals surface area contributed by atoms with Crippen LogP contribution >= 0.6 is 8.53 Å². The highest BCUT2D eigenvalue weighted by Crippen LogP contribution is 2.50. The van der Waals surface area contributed by atoms with Crippen LogP contribution in [0, 0.1) is 24.8 Å². The molecular weight excluding hydrogens is 850 g/mol. The number of nitriles is 1. The number of aromatic nitrogens is 2. The van der Waals surface area contributed by atoms with Gasteiger partial charge in [0.15, 0.2) is 0 Å². The lowest BCUT2D eigenvalue weighted by Gasteiger charge is -2.43. The molecule has 0 bridgehead atoms. The molecule has 1 aromatic heterocycles. The number of nitrogens with one attached hydrogen (secondary N) is 2. The highest BCUT2D eigenvalue weighted by molar-refractivity contribution is 7.44. The van der Waals surface area contributed by atoms with Gasteiger partial charge in [0.25, 0.3) is 14.1 Å². The van der Waals surface area contributed by atoms with Gasteiger partial charge in [0.05, 0.1) is 36.0 Å². The number of aromatic amines is 1. The van der Waals surface area contributed by atoms with Crippen LogP contribution in [0.4, 0.5) is 17.1 Å². The molecule has 1 amide bonds. The van der Waals surface area contributed by atoms with E-state index in [4.69, 9.17) is 27.9 Å². The quantitative estimate of drug-likeness (QED) is 0.0452. The third-order valence-electron chi connectivity index (χ3n) is 10.7. The van der Waals surface area contributed by atoms with Gasteiger partial charge in [0, 0.05) is 70.0 Å². The van der Waals surface area contributed by atoms with Crippen molar-refractivity contribution in [2.75, 3.05) is 45.4 Å². The minimum Gasteiger partial charge on any atom is -0.494 e. The number of aliphatic hydroxyl groups excluding tert-OH is 1. The summed E-state index contributed by atoms with van der Waals surface area (Å²) in [5, 5.41) is 24.9. The first-order valence-corrected chi connectivity index (χ1v) is 22.6. The molecular formula is C47H64N9O8P. The number of H-pyrrole nitrogens is 1. The van der Waals surface area contributed by atoms with Crippen LogP contribution in [0.1, 0.15) is 104 Å². The number of amides is 1. The van der Waals surface area contributed by atoms with Gasteiger partial charge in [-0.05, 0) is 98.0 Å². The van der Waals surface area contributed by atoms with Gasteiger partial charge in [0.1, 0.15) is 36.0 Å². The zero-order chi connectivity index (χ0) is 49.4. The number of aliphatic hydroxyl groups is 1. The van der Waals surface area contributed by atoms with Gasteiger partial charge in [0.2, 0.25) is 13.9 Å². The number of hydrogen-bond donors (Lipinski definition) is 3. The molecule has 1 unspecified atom stereocenters. The third kappa shape index (κ3) is 13.5. The normalized spacial score (nSPS) is 18.7. The predicted octanol–water partition coefficient (Wildman–Crippen LogP) is 8.34. The number of rotatable bonds is 19. The van der Waals surface area contributed by atoms with Crippen LogP contribution in [-0.2, 0) is 18.6 Å². The highest BCUT2D eigenvalue weighted by atomic mass is 31.2. The summed E-state index contributed by atoms with van der Waals surface area (Å²) in [6.45, 7) is 24.5. The average Bonchev–Trinajstić information content (AvgIpc) is 3.68. The van der Waals surface area contributed by atoms with E-state index in [-0.39, 0.29) is 68.5 Å². The number of nitrogens with zero attached hydrogens (tertiary/aromatic N) is 7. The number of fused-ring (bicyclic) bond motifs is 1. The lowest BCUT2D eigenvalue weighted by molar-refractivity contribution is -0.120. The van der Waals surface area contributed by atoms with Crippen LogP contribution in [0.2, 0.25) is 0 Å². The summed E-state index contributed by atoms with van der Waals surface area (Å²) in [7, 11) is 1.26. The van der Waals surface area contributed by atoms with E-state index in [2.05, 4.69) is 66.0 Å². The van der Waals surface area contributed by atoms with E-state index in [1.54, 1.807) is 31.4 Å². The second-order valence-electron chi connectivity index (χ2n) is 16.6. The molecule has 2 aliphatic rings. The SMILES string of the molecule is [2H]C[C@H]1O[C@@H](n2cc(/C=C/CNC(=O)CCCN3c4cc(OC)c(N=Nc5ccc(C)cc5C#N)cc4C(C)=CC3(C)C)c(=O)[nH]c2=O)C[C@H]1OP(OCC[N+]#[C-])N(C(C)C)C(C)C.[3H]OC. The van der Waals surface area contributed by atoms with Crippen LogP contribution < -0.4 is 26.2 Å². The Morgan fingerprint density at radius 2 is 1.97 bits per heavy atom. The van der Waals surface area contributed by atoms with Crippen LogP contribution in [-0.4, -0.2) is 97.0 Å². The van der Waals surface area contributed by atoms with Crippen molar-refractivity contribution in [3.8, 4) is 11.8 Å². The maximum Gasteiger partial charge on any atom is 0.330 e. The molecule has 2 aliphatic heterocycles. The number of ether oxygens (including phenoxy) is 2. The third-order valence-corrected chi connectivity index (χ3v) is 12.8. The molecule has 2 aromatic carbocycles. The Morgan fingerprint density at radius 1 is 1.25 bits per heavy atom. The van der Waals surface area contributed by atoms with E-state index in [0.717, 1.165) is 22.4 Å². The number of methoxy groups -OCH3 is 1. The Labute approximate surface area is 386 Å².